The van der Waals surface area contributed by atoms with E-state index in [1.54, 1.807) is 4.68 Å². The highest BCUT2D eigenvalue weighted by atomic mass is 16.5. The third-order valence-corrected chi connectivity index (χ3v) is 5.79. The Hall–Kier alpha value is -1.40. The topological polar surface area (TPSA) is 65.4 Å². The smallest absolute Gasteiger partial charge is 0.269 e. The van der Waals surface area contributed by atoms with Gasteiger partial charge in [-0.25, -0.2) is 0 Å². The summed E-state index contributed by atoms with van der Waals surface area (Å²) in [5.74, 6) is 0.516. The van der Waals surface area contributed by atoms with Crippen LogP contribution in [-0.4, -0.2) is 48.2 Å². The third kappa shape index (κ3) is 3.35. The molecular weight excluding hydrogens is 306 g/mol. The Balaban J connectivity index is 1.27. The van der Waals surface area contributed by atoms with Crippen molar-refractivity contribution in [3.8, 4) is 0 Å². The van der Waals surface area contributed by atoms with Crippen LogP contribution in [-0.2, 0) is 16.5 Å². The minimum atomic E-state index is -0.0492. The Labute approximate surface area is 142 Å². The molecule has 0 radical (unpaired) electrons. The fourth-order valence-electron chi connectivity index (χ4n) is 3.85. The van der Waals surface area contributed by atoms with Crippen LogP contribution in [0.1, 0.15) is 60.6 Å². The normalized spacial score (nSPS) is 26.5. The lowest BCUT2D eigenvalue weighted by atomic mass is 9.75. The zero-order chi connectivity index (χ0) is 16.6. The second kappa shape index (κ2) is 6.48. The highest BCUT2D eigenvalue weighted by Crippen LogP contribution is 2.40. The quantitative estimate of drug-likeness (QED) is 0.915. The van der Waals surface area contributed by atoms with Crippen LogP contribution in [0.2, 0.25) is 0 Å². The van der Waals surface area contributed by atoms with Crippen LogP contribution in [0.3, 0.4) is 0 Å². The van der Waals surface area contributed by atoms with Crippen molar-refractivity contribution in [1.29, 1.82) is 0 Å². The van der Waals surface area contributed by atoms with Gasteiger partial charge < -0.3 is 14.8 Å². The van der Waals surface area contributed by atoms with E-state index in [0.717, 1.165) is 44.8 Å². The number of hydrogen-bond acceptors (Lipinski definition) is 4. The Bertz CT molecular complexity index is 593. The molecule has 1 aliphatic carbocycles. The molecule has 1 saturated carbocycles. The van der Waals surface area contributed by atoms with Crippen molar-refractivity contribution in [1.82, 2.24) is 15.1 Å². The Kier molecular flexibility index (Phi) is 4.35. The van der Waals surface area contributed by atoms with Gasteiger partial charge in [0, 0.05) is 32.7 Å². The van der Waals surface area contributed by atoms with Crippen LogP contribution in [0.25, 0.3) is 0 Å². The zero-order valence-electron chi connectivity index (χ0n) is 14.4. The molecule has 132 valence electrons. The van der Waals surface area contributed by atoms with Gasteiger partial charge in [0.25, 0.3) is 5.91 Å². The molecule has 1 amide bonds. The number of rotatable bonds is 4. The minimum Gasteiger partial charge on any atom is -0.381 e. The molecule has 1 aromatic heterocycles. The lowest BCUT2D eigenvalue weighted by Gasteiger charge is -2.42. The highest BCUT2D eigenvalue weighted by molar-refractivity contribution is 5.92. The summed E-state index contributed by atoms with van der Waals surface area (Å²) in [4.78, 5) is 12.4. The SMILES string of the molecule is Cn1nc(C2CC2)cc1C(=O)NC[C@H]1CCC2(CCOCC2)CO1. The number of amides is 1. The summed E-state index contributed by atoms with van der Waals surface area (Å²) >= 11 is 0. The number of aryl methyl sites for hydroxylation is 1. The van der Waals surface area contributed by atoms with E-state index in [1.807, 2.05) is 13.1 Å². The van der Waals surface area contributed by atoms with Crippen molar-refractivity contribution in [3.05, 3.63) is 17.5 Å². The van der Waals surface area contributed by atoms with E-state index in [9.17, 15) is 4.79 Å². The summed E-state index contributed by atoms with van der Waals surface area (Å²) in [6.45, 7) is 3.09. The maximum atomic E-state index is 12.4. The highest BCUT2D eigenvalue weighted by Gasteiger charge is 2.37. The monoisotopic (exact) mass is 333 g/mol. The molecule has 1 atom stereocenters. The lowest BCUT2D eigenvalue weighted by molar-refractivity contribution is -0.103. The van der Waals surface area contributed by atoms with Crippen molar-refractivity contribution in [2.75, 3.05) is 26.4 Å². The van der Waals surface area contributed by atoms with Crippen molar-refractivity contribution in [2.24, 2.45) is 12.5 Å². The first-order valence-electron chi connectivity index (χ1n) is 9.17. The molecule has 1 N–H and O–H groups in total. The van der Waals surface area contributed by atoms with Crippen molar-refractivity contribution in [3.63, 3.8) is 0 Å². The van der Waals surface area contributed by atoms with E-state index in [1.165, 1.54) is 19.3 Å². The molecule has 3 heterocycles. The maximum absolute atomic E-state index is 12.4. The zero-order valence-corrected chi connectivity index (χ0v) is 14.4. The summed E-state index contributed by atoms with van der Waals surface area (Å²) in [6, 6.07) is 1.94. The van der Waals surface area contributed by atoms with Crippen LogP contribution in [0.5, 0.6) is 0 Å². The predicted octanol–water partition coefficient (Wildman–Crippen LogP) is 2.00. The standard InChI is InChI=1S/C18H27N3O3/c1-21-16(10-15(20-21)13-2-3-13)17(22)19-11-14-4-5-18(12-24-14)6-8-23-9-7-18/h10,13-14H,2-9,11-12H2,1H3,(H,19,22)/t14-/m1/s1. The molecule has 1 spiro atoms. The molecule has 0 bridgehead atoms. The Morgan fingerprint density at radius 1 is 1.33 bits per heavy atom. The predicted molar refractivity (Wildman–Crippen MR) is 89.0 cm³/mol. The number of nitrogens with zero attached hydrogens (tertiary/aromatic N) is 2. The third-order valence-electron chi connectivity index (χ3n) is 5.79. The van der Waals surface area contributed by atoms with Gasteiger partial charge >= 0.3 is 0 Å². The van der Waals surface area contributed by atoms with Crippen molar-refractivity contribution < 1.29 is 14.3 Å². The van der Waals surface area contributed by atoms with Crippen molar-refractivity contribution in [2.45, 2.75) is 50.5 Å². The molecule has 3 aliphatic rings. The van der Waals surface area contributed by atoms with Crippen LogP contribution in [0.4, 0.5) is 0 Å². The van der Waals surface area contributed by atoms with Gasteiger partial charge in [-0.05, 0) is 50.0 Å². The van der Waals surface area contributed by atoms with Gasteiger partial charge in [-0.2, -0.15) is 5.10 Å². The molecule has 2 saturated heterocycles. The maximum Gasteiger partial charge on any atom is 0.269 e. The number of carbonyl (C=O) groups is 1. The van der Waals surface area contributed by atoms with Crippen molar-refractivity contribution >= 4 is 5.91 Å². The van der Waals surface area contributed by atoms with E-state index >= 15 is 0 Å². The van der Waals surface area contributed by atoms with E-state index < -0.39 is 0 Å². The lowest BCUT2D eigenvalue weighted by Crippen LogP contribution is -2.44. The molecule has 6 nitrogen and oxygen atoms in total. The summed E-state index contributed by atoms with van der Waals surface area (Å²) < 4.78 is 13.2. The van der Waals surface area contributed by atoms with Crippen LogP contribution < -0.4 is 5.32 Å². The number of ether oxygens (including phenoxy) is 2. The van der Waals surface area contributed by atoms with E-state index in [2.05, 4.69) is 10.4 Å². The Morgan fingerprint density at radius 3 is 2.79 bits per heavy atom. The average Bonchev–Trinajstić information content (AvgIpc) is 3.37. The van der Waals surface area contributed by atoms with Crippen LogP contribution in [0.15, 0.2) is 6.07 Å². The van der Waals surface area contributed by atoms with Gasteiger partial charge in [-0.1, -0.05) is 0 Å². The minimum absolute atomic E-state index is 0.0492. The number of hydrogen-bond donors (Lipinski definition) is 1. The fourth-order valence-corrected chi connectivity index (χ4v) is 3.85. The first kappa shape index (κ1) is 16.1. The fraction of sp³-hybridized carbons (Fsp3) is 0.778. The summed E-state index contributed by atoms with van der Waals surface area (Å²) in [7, 11) is 1.84. The summed E-state index contributed by atoms with van der Waals surface area (Å²) in [5.41, 5.74) is 2.02. The van der Waals surface area contributed by atoms with Crippen LogP contribution >= 0.6 is 0 Å². The molecule has 0 unspecified atom stereocenters. The van der Waals surface area contributed by atoms with E-state index in [4.69, 9.17) is 9.47 Å². The van der Waals surface area contributed by atoms with Crippen LogP contribution in [0, 0.1) is 5.41 Å². The Morgan fingerprint density at radius 2 is 2.12 bits per heavy atom. The number of aromatic nitrogens is 2. The van der Waals surface area contributed by atoms with Gasteiger partial charge in [0.05, 0.1) is 18.4 Å². The summed E-state index contributed by atoms with van der Waals surface area (Å²) in [5, 5.41) is 7.48. The second-order valence-corrected chi connectivity index (χ2v) is 7.65. The summed E-state index contributed by atoms with van der Waals surface area (Å²) in [6.07, 6.45) is 6.91. The van der Waals surface area contributed by atoms with Gasteiger partial charge in [0.15, 0.2) is 0 Å². The molecule has 0 aromatic carbocycles. The largest absolute Gasteiger partial charge is 0.381 e. The van der Waals surface area contributed by atoms with E-state index in [0.29, 0.717) is 23.6 Å². The second-order valence-electron chi connectivity index (χ2n) is 7.65. The molecular formula is C18H27N3O3. The van der Waals surface area contributed by atoms with E-state index in [-0.39, 0.29) is 12.0 Å². The first-order chi connectivity index (χ1) is 11.7. The van der Waals surface area contributed by atoms with Gasteiger partial charge in [-0.15, -0.1) is 0 Å². The number of carbonyl (C=O) groups excluding carboxylic acids is 1. The average molecular weight is 333 g/mol. The molecule has 4 rings (SSSR count). The number of nitrogens with one attached hydrogen (secondary N) is 1. The molecule has 1 aromatic rings. The first-order valence-corrected chi connectivity index (χ1v) is 9.17. The molecule has 24 heavy (non-hydrogen) atoms. The van der Waals surface area contributed by atoms with Gasteiger partial charge in [-0.3, -0.25) is 9.48 Å². The molecule has 3 fully saturated rings. The van der Waals surface area contributed by atoms with Gasteiger partial charge in [0.2, 0.25) is 0 Å². The molecule has 6 heteroatoms. The van der Waals surface area contributed by atoms with Gasteiger partial charge in [0.1, 0.15) is 5.69 Å². The molecule has 2 aliphatic heterocycles.